The second-order valence-electron chi connectivity index (χ2n) is 4.80. The number of nitrogens with one attached hydrogen (secondary N) is 1. The lowest BCUT2D eigenvalue weighted by atomic mass is 10.0. The Labute approximate surface area is 132 Å². The molecule has 1 rings (SSSR count). The summed E-state index contributed by atoms with van der Waals surface area (Å²) in [6.07, 6.45) is 3.42. The van der Waals surface area contributed by atoms with Crippen LogP contribution in [-0.2, 0) is 0 Å². The highest BCUT2D eigenvalue weighted by molar-refractivity contribution is 9.10. The monoisotopic (exact) mass is 389 g/mol. The Morgan fingerprint density at radius 3 is 2.68 bits per heavy atom. The predicted molar refractivity (Wildman–Crippen MR) is 88.0 cm³/mol. The van der Waals surface area contributed by atoms with Gasteiger partial charge < -0.3 is 5.32 Å². The van der Waals surface area contributed by atoms with Crippen LogP contribution in [0, 0.1) is 12.8 Å². The van der Waals surface area contributed by atoms with E-state index in [4.69, 9.17) is 0 Å². The summed E-state index contributed by atoms with van der Waals surface area (Å²) in [6.45, 7) is 4.90. The van der Waals surface area contributed by atoms with Crippen molar-refractivity contribution in [3.8, 4) is 0 Å². The van der Waals surface area contributed by atoms with Crippen molar-refractivity contribution in [3.05, 3.63) is 33.8 Å². The fraction of sp³-hybridized carbons (Fsp3) is 0.533. The molecule has 1 amide bonds. The fourth-order valence-corrected chi connectivity index (χ4v) is 3.25. The maximum absolute atomic E-state index is 12.2. The molecule has 19 heavy (non-hydrogen) atoms. The summed E-state index contributed by atoms with van der Waals surface area (Å²) < 4.78 is 1.00. The number of hydrogen-bond donors (Lipinski definition) is 1. The van der Waals surface area contributed by atoms with Gasteiger partial charge >= 0.3 is 0 Å². The van der Waals surface area contributed by atoms with Crippen LogP contribution in [0.1, 0.15) is 42.1 Å². The van der Waals surface area contributed by atoms with Gasteiger partial charge in [-0.25, -0.2) is 0 Å². The highest BCUT2D eigenvalue weighted by atomic mass is 79.9. The number of rotatable bonds is 7. The molecule has 1 atom stereocenters. The zero-order valence-corrected chi connectivity index (χ0v) is 14.7. The Balaban J connectivity index is 2.58. The minimum absolute atomic E-state index is 0.0284. The first-order chi connectivity index (χ1) is 9.08. The van der Waals surface area contributed by atoms with Crippen LogP contribution >= 0.6 is 31.9 Å². The molecule has 1 unspecified atom stereocenters. The van der Waals surface area contributed by atoms with Gasteiger partial charge in [-0.15, -0.1) is 0 Å². The first-order valence-corrected chi connectivity index (χ1v) is 8.60. The smallest absolute Gasteiger partial charge is 0.251 e. The van der Waals surface area contributed by atoms with Crippen molar-refractivity contribution in [1.29, 1.82) is 0 Å². The number of aryl methyl sites for hydroxylation is 1. The van der Waals surface area contributed by atoms with E-state index in [2.05, 4.69) is 44.1 Å². The van der Waals surface area contributed by atoms with Gasteiger partial charge in [0.25, 0.3) is 5.91 Å². The minimum atomic E-state index is 0.0284. The Morgan fingerprint density at radius 1 is 1.37 bits per heavy atom. The third kappa shape index (κ3) is 5.65. The number of halogens is 2. The second-order valence-corrected chi connectivity index (χ2v) is 6.51. The molecule has 0 aliphatic heterocycles. The lowest BCUT2D eigenvalue weighted by Gasteiger charge is -2.16. The van der Waals surface area contributed by atoms with Crippen LogP contribution in [0.2, 0.25) is 0 Å². The van der Waals surface area contributed by atoms with Crippen LogP contribution in [0.3, 0.4) is 0 Å². The van der Waals surface area contributed by atoms with Crippen molar-refractivity contribution < 1.29 is 4.79 Å². The van der Waals surface area contributed by atoms with E-state index in [1.807, 2.05) is 25.1 Å². The summed E-state index contributed by atoms with van der Waals surface area (Å²) >= 11 is 6.89. The van der Waals surface area contributed by atoms with E-state index in [9.17, 15) is 4.79 Å². The Kier molecular flexibility index (Phi) is 7.69. The Hall–Kier alpha value is -0.350. The average molecular weight is 391 g/mol. The van der Waals surface area contributed by atoms with Crippen molar-refractivity contribution in [2.75, 3.05) is 11.9 Å². The van der Waals surface area contributed by atoms with Gasteiger partial charge in [-0.3, -0.25) is 4.79 Å². The second kappa shape index (κ2) is 8.75. The first kappa shape index (κ1) is 16.7. The molecule has 0 aromatic heterocycles. The summed E-state index contributed by atoms with van der Waals surface area (Å²) in [5, 5.41) is 4.04. The molecule has 106 valence electrons. The van der Waals surface area contributed by atoms with Gasteiger partial charge in [0.2, 0.25) is 0 Å². The van der Waals surface area contributed by atoms with E-state index in [-0.39, 0.29) is 5.91 Å². The Bertz CT molecular complexity index is 415. The molecule has 0 aliphatic carbocycles. The third-order valence-corrected chi connectivity index (χ3v) is 4.15. The molecule has 0 heterocycles. The molecule has 1 N–H and O–H groups in total. The van der Waals surface area contributed by atoms with E-state index in [0.717, 1.165) is 46.7 Å². The van der Waals surface area contributed by atoms with E-state index in [1.54, 1.807) is 0 Å². The van der Waals surface area contributed by atoms with E-state index in [1.165, 1.54) is 0 Å². The van der Waals surface area contributed by atoms with Crippen molar-refractivity contribution >= 4 is 37.8 Å². The highest BCUT2D eigenvalue weighted by Gasteiger charge is 2.12. The van der Waals surface area contributed by atoms with Gasteiger partial charge in [0.1, 0.15) is 0 Å². The summed E-state index contributed by atoms with van der Waals surface area (Å²) in [7, 11) is 0. The molecular weight excluding hydrogens is 370 g/mol. The largest absolute Gasteiger partial charge is 0.352 e. The van der Waals surface area contributed by atoms with Crippen molar-refractivity contribution in [2.24, 2.45) is 5.92 Å². The Morgan fingerprint density at radius 2 is 2.11 bits per heavy atom. The maximum Gasteiger partial charge on any atom is 0.251 e. The number of amides is 1. The molecule has 2 nitrogen and oxygen atoms in total. The number of carbonyl (C=O) groups is 1. The average Bonchev–Trinajstić information content (AvgIpc) is 2.36. The topological polar surface area (TPSA) is 29.1 Å². The number of benzene rings is 1. The van der Waals surface area contributed by atoms with E-state index < -0.39 is 0 Å². The minimum Gasteiger partial charge on any atom is -0.352 e. The zero-order chi connectivity index (χ0) is 14.3. The predicted octanol–water partition coefficient (Wildman–Crippen LogP) is 4.69. The molecule has 1 aromatic rings. The summed E-state index contributed by atoms with van der Waals surface area (Å²) in [6, 6.07) is 5.74. The molecule has 1 aromatic carbocycles. The van der Waals surface area contributed by atoms with Crippen LogP contribution in [0.5, 0.6) is 0 Å². The van der Waals surface area contributed by atoms with Gasteiger partial charge in [0, 0.05) is 21.9 Å². The molecule has 0 aliphatic rings. The lowest BCUT2D eigenvalue weighted by Crippen LogP contribution is -2.30. The van der Waals surface area contributed by atoms with E-state index in [0.29, 0.717) is 5.92 Å². The molecule has 0 saturated heterocycles. The van der Waals surface area contributed by atoms with Crippen LogP contribution in [-0.4, -0.2) is 17.8 Å². The van der Waals surface area contributed by atoms with Gasteiger partial charge in [-0.2, -0.15) is 0 Å². The van der Waals surface area contributed by atoms with Crippen molar-refractivity contribution in [1.82, 2.24) is 5.32 Å². The first-order valence-electron chi connectivity index (χ1n) is 6.68. The number of carbonyl (C=O) groups excluding carboxylic acids is 1. The van der Waals surface area contributed by atoms with Crippen molar-refractivity contribution in [3.63, 3.8) is 0 Å². The number of alkyl halides is 1. The maximum atomic E-state index is 12.2. The van der Waals surface area contributed by atoms with Gasteiger partial charge in [0.05, 0.1) is 0 Å². The van der Waals surface area contributed by atoms with Gasteiger partial charge in [-0.05, 0) is 49.4 Å². The summed E-state index contributed by atoms with van der Waals surface area (Å²) in [4.78, 5) is 12.2. The molecule has 0 radical (unpaired) electrons. The highest BCUT2D eigenvalue weighted by Crippen LogP contribution is 2.16. The van der Waals surface area contributed by atoms with Crippen LogP contribution in [0.15, 0.2) is 22.7 Å². The van der Waals surface area contributed by atoms with Crippen LogP contribution in [0.4, 0.5) is 0 Å². The molecule has 0 saturated carbocycles. The zero-order valence-electron chi connectivity index (χ0n) is 11.5. The normalized spacial score (nSPS) is 12.2. The van der Waals surface area contributed by atoms with Gasteiger partial charge in [-0.1, -0.05) is 45.2 Å². The van der Waals surface area contributed by atoms with Gasteiger partial charge in [0.15, 0.2) is 0 Å². The lowest BCUT2D eigenvalue weighted by molar-refractivity contribution is 0.0945. The fourth-order valence-electron chi connectivity index (χ4n) is 2.13. The SMILES string of the molecule is CCCC(CCBr)CNC(=O)c1ccc(Br)cc1C. The molecule has 0 bridgehead atoms. The standard InChI is InChI=1S/C15H21Br2NO/c1-3-4-12(7-8-16)10-18-15(19)14-6-5-13(17)9-11(14)2/h5-6,9,12H,3-4,7-8,10H2,1-2H3,(H,18,19). The van der Waals surface area contributed by atoms with E-state index >= 15 is 0 Å². The number of hydrogen-bond acceptors (Lipinski definition) is 1. The summed E-state index contributed by atoms with van der Waals surface area (Å²) in [5.41, 5.74) is 1.76. The molecule has 0 fully saturated rings. The van der Waals surface area contributed by atoms with Crippen molar-refractivity contribution in [2.45, 2.75) is 33.1 Å². The molecule has 0 spiro atoms. The van der Waals surface area contributed by atoms with Crippen LogP contribution < -0.4 is 5.32 Å². The van der Waals surface area contributed by atoms with Crippen LogP contribution in [0.25, 0.3) is 0 Å². The molecule has 4 heteroatoms. The third-order valence-electron chi connectivity index (χ3n) is 3.20. The summed E-state index contributed by atoms with van der Waals surface area (Å²) in [5.74, 6) is 0.588. The quantitative estimate of drug-likeness (QED) is 0.672. The molecular formula is C15H21Br2NO.